The summed E-state index contributed by atoms with van der Waals surface area (Å²) >= 11 is 3.32. The average Bonchev–Trinajstić information content (AvgIpc) is 2.38. The van der Waals surface area contributed by atoms with Gasteiger partial charge in [0.1, 0.15) is 5.82 Å². The summed E-state index contributed by atoms with van der Waals surface area (Å²) in [5.41, 5.74) is 1.10. The Morgan fingerprint density at radius 1 is 1.54 bits per heavy atom. The van der Waals surface area contributed by atoms with Crippen molar-refractivity contribution in [2.75, 3.05) is 0 Å². The van der Waals surface area contributed by atoms with E-state index in [1.165, 1.54) is 6.07 Å². The fourth-order valence-electron chi connectivity index (χ4n) is 1.71. The number of benzene rings is 1. The number of fused-ring (bicyclic) bond motifs is 1. The van der Waals surface area contributed by atoms with Crippen LogP contribution in [0.25, 0.3) is 0 Å². The van der Waals surface area contributed by atoms with Gasteiger partial charge in [-0.25, -0.2) is 4.39 Å². The Balaban J connectivity index is 2.68. The number of halogens is 2. The van der Waals surface area contributed by atoms with E-state index in [-0.39, 0.29) is 17.3 Å². The maximum absolute atomic E-state index is 13.3. The molecule has 0 aliphatic heterocycles. The molecule has 0 N–H and O–H groups in total. The second kappa shape index (κ2) is 2.91. The molecule has 0 saturated carbocycles. The van der Waals surface area contributed by atoms with Crippen LogP contribution in [0.5, 0.6) is 0 Å². The molecule has 0 aromatic heterocycles. The Labute approximate surface area is 84.1 Å². The topological polar surface area (TPSA) is 17.1 Å². The molecule has 0 heterocycles. The first-order chi connectivity index (χ1) is 6.11. The van der Waals surface area contributed by atoms with Crippen LogP contribution in [0.3, 0.4) is 0 Å². The lowest BCUT2D eigenvalue weighted by molar-refractivity contribution is 0.0943. The zero-order valence-corrected chi connectivity index (χ0v) is 8.69. The van der Waals surface area contributed by atoms with E-state index in [2.05, 4.69) is 15.9 Å². The SMILES string of the molecule is CC1Cc2c(Br)ccc(F)c2C1=O. The van der Waals surface area contributed by atoms with E-state index in [1.54, 1.807) is 6.07 Å². The van der Waals surface area contributed by atoms with Crippen LogP contribution in [-0.2, 0) is 6.42 Å². The predicted octanol–water partition coefficient (Wildman–Crippen LogP) is 2.96. The predicted molar refractivity (Wildman–Crippen MR) is 51.3 cm³/mol. The van der Waals surface area contributed by atoms with Gasteiger partial charge in [-0.1, -0.05) is 22.9 Å². The maximum atomic E-state index is 13.3. The number of Topliss-reactive ketones (excluding diaryl/α,β-unsaturated/α-hetero) is 1. The van der Waals surface area contributed by atoms with Crippen LogP contribution in [0.1, 0.15) is 22.8 Å². The second-order valence-electron chi connectivity index (χ2n) is 3.35. The molecule has 13 heavy (non-hydrogen) atoms. The van der Waals surface area contributed by atoms with Gasteiger partial charge in [-0.2, -0.15) is 0 Å². The highest BCUT2D eigenvalue weighted by Crippen LogP contribution is 2.33. The molecule has 0 radical (unpaired) electrons. The lowest BCUT2D eigenvalue weighted by atomic mass is 10.1. The van der Waals surface area contributed by atoms with Crippen molar-refractivity contribution in [3.05, 3.63) is 33.5 Å². The summed E-state index contributed by atoms with van der Waals surface area (Å²) < 4.78 is 14.1. The minimum Gasteiger partial charge on any atom is -0.294 e. The van der Waals surface area contributed by atoms with Gasteiger partial charge >= 0.3 is 0 Å². The summed E-state index contributed by atoms with van der Waals surface area (Å²) in [5, 5.41) is 0. The standard InChI is InChI=1S/C10H8BrFO/c1-5-4-6-7(11)2-3-8(12)9(6)10(5)13/h2-3,5H,4H2,1H3. The molecule has 0 amide bonds. The Kier molecular flexibility index (Phi) is 1.99. The zero-order chi connectivity index (χ0) is 9.59. The van der Waals surface area contributed by atoms with Crippen LogP contribution in [0.15, 0.2) is 16.6 Å². The number of carbonyl (C=O) groups is 1. The van der Waals surface area contributed by atoms with Crippen molar-refractivity contribution in [1.29, 1.82) is 0 Å². The van der Waals surface area contributed by atoms with E-state index in [4.69, 9.17) is 0 Å². The van der Waals surface area contributed by atoms with Crippen molar-refractivity contribution < 1.29 is 9.18 Å². The van der Waals surface area contributed by atoms with Crippen LogP contribution in [-0.4, -0.2) is 5.78 Å². The average molecular weight is 243 g/mol. The normalized spacial score (nSPS) is 20.5. The van der Waals surface area contributed by atoms with Crippen molar-refractivity contribution in [3.63, 3.8) is 0 Å². The van der Waals surface area contributed by atoms with Crippen molar-refractivity contribution in [1.82, 2.24) is 0 Å². The third kappa shape index (κ3) is 1.22. The Hall–Kier alpha value is -0.700. The smallest absolute Gasteiger partial charge is 0.169 e. The molecule has 68 valence electrons. The zero-order valence-electron chi connectivity index (χ0n) is 7.10. The first-order valence-corrected chi connectivity index (χ1v) is 4.91. The molecule has 1 atom stereocenters. The monoisotopic (exact) mass is 242 g/mol. The third-order valence-corrected chi connectivity index (χ3v) is 3.15. The lowest BCUT2D eigenvalue weighted by Crippen LogP contribution is -2.04. The highest BCUT2D eigenvalue weighted by Gasteiger charge is 2.31. The first kappa shape index (κ1) is 8.88. The molecule has 3 heteroatoms. The minimum atomic E-state index is -0.396. The molecular weight excluding hydrogens is 235 g/mol. The highest BCUT2D eigenvalue weighted by atomic mass is 79.9. The molecule has 1 nitrogen and oxygen atoms in total. The molecule has 0 spiro atoms. The van der Waals surface area contributed by atoms with Crippen LogP contribution < -0.4 is 0 Å². The minimum absolute atomic E-state index is 0.0752. The van der Waals surface area contributed by atoms with Crippen molar-refractivity contribution in [2.45, 2.75) is 13.3 Å². The Morgan fingerprint density at radius 2 is 2.23 bits per heavy atom. The van der Waals surface area contributed by atoms with Gasteiger partial charge in [0.25, 0.3) is 0 Å². The van der Waals surface area contributed by atoms with Gasteiger partial charge in [-0.15, -0.1) is 0 Å². The van der Waals surface area contributed by atoms with Crippen LogP contribution in [0.4, 0.5) is 4.39 Å². The van der Waals surface area contributed by atoms with Gasteiger partial charge in [0, 0.05) is 10.4 Å². The fourth-order valence-corrected chi connectivity index (χ4v) is 2.20. The fraction of sp³-hybridized carbons (Fsp3) is 0.300. The van der Waals surface area contributed by atoms with Crippen LogP contribution in [0.2, 0.25) is 0 Å². The molecule has 2 rings (SSSR count). The van der Waals surface area contributed by atoms with Gasteiger partial charge in [0.2, 0.25) is 0 Å². The number of hydrogen-bond acceptors (Lipinski definition) is 1. The summed E-state index contributed by atoms with van der Waals surface area (Å²) in [6.07, 6.45) is 0.645. The van der Waals surface area contributed by atoms with Crippen LogP contribution >= 0.6 is 15.9 Å². The molecule has 1 unspecified atom stereocenters. The number of carbonyl (C=O) groups excluding carboxylic acids is 1. The summed E-state index contributed by atoms with van der Waals surface area (Å²) in [6.45, 7) is 1.83. The number of rotatable bonds is 0. The summed E-state index contributed by atoms with van der Waals surface area (Å²) in [5.74, 6) is -0.551. The molecule has 1 aliphatic carbocycles. The van der Waals surface area contributed by atoms with Gasteiger partial charge in [0.05, 0.1) is 5.56 Å². The Morgan fingerprint density at radius 3 is 2.85 bits per heavy atom. The van der Waals surface area contributed by atoms with E-state index in [1.807, 2.05) is 6.92 Å². The van der Waals surface area contributed by atoms with Gasteiger partial charge in [-0.05, 0) is 24.1 Å². The van der Waals surface area contributed by atoms with E-state index in [9.17, 15) is 9.18 Å². The summed E-state index contributed by atoms with van der Waals surface area (Å²) in [4.78, 5) is 11.5. The number of ketones is 1. The van der Waals surface area contributed by atoms with E-state index < -0.39 is 5.82 Å². The molecule has 1 aliphatic rings. The van der Waals surface area contributed by atoms with Gasteiger partial charge in [0.15, 0.2) is 5.78 Å². The second-order valence-corrected chi connectivity index (χ2v) is 4.21. The van der Waals surface area contributed by atoms with Gasteiger partial charge < -0.3 is 0 Å². The van der Waals surface area contributed by atoms with Crippen molar-refractivity contribution >= 4 is 21.7 Å². The summed E-state index contributed by atoms with van der Waals surface area (Å²) in [7, 11) is 0. The number of hydrogen-bond donors (Lipinski definition) is 0. The maximum Gasteiger partial charge on any atom is 0.169 e. The Bertz CT molecular complexity index is 387. The van der Waals surface area contributed by atoms with E-state index in [0.717, 1.165) is 10.0 Å². The highest BCUT2D eigenvalue weighted by molar-refractivity contribution is 9.10. The first-order valence-electron chi connectivity index (χ1n) is 4.12. The lowest BCUT2D eigenvalue weighted by Gasteiger charge is -2.00. The molecular formula is C10H8BrFO. The third-order valence-electron chi connectivity index (χ3n) is 2.41. The molecule has 1 aromatic rings. The molecule has 0 fully saturated rings. The van der Waals surface area contributed by atoms with Crippen molar-refractivity contribution in [3.8, 4) is 0 Å². The van der Waals surface area contributed by atoms with E-state index >= 15 is 0 Å². The largest absolute Gasteiger partial charge is 0.294 e. The molecule has 1 aromatic carbocycles. The van der Waals surface area contributed by atoms with Crippen molar-refractivity contribution in [2.24, 2.45) is 5.92 Å². The van der Waals surface area contributed by atoms with E-state index in [0.29, 0.717) is 6.42 Å². The van der Waals surface area contributed by atoms with Crippen LogP contribution in [0, 0.1) is 11.7 Å². The summed E-state index contributed by atoms with van der Waals surface area (Å²) in [6, 6.07) is 2.98. The molecule has 0 bridgehead atoms. The molecule has 0 saturated heterocycles. The quantitative estimate of drug-likeness (QED) is 0.684. The van der Waals surface area contributed by atoms with Gasteiger partial charge in [-0.3, -0.25) is 4.79 Å².